The van der Waals surface area contributed by atoms with Gasteiger partial charge in [-0.15, -0.1) is 0 Å². The van der Waals surface area contributed by atoms with Crippen LogP contribution in [0.4, 0.5) is 15.9 Å². The van der Waals surface area contributed by atoms with Gasteiger partial charge in [-0.1, -0.05) is 6.08 Å². The van der Waals surface area contributed by atoms with E-state index in [2.05, 4.69) is 10.1 Å². The zero-order valence-corrected chi connectivity index (χ0v) is 12.7. The van der Waals surface area contributed by atoms with E-state index in [1.165, 1.54) is 10.8 Å². The maximum absolute atomic E-state index is 15.3. The van der Waals surface area contributed by atoms with Crippen LogP contribution in [0, 0.1) is 5.82 Å². The number of rotatable bonds is 2. The van der Waals surface area contributed by atoms with Crippen LogP contribution in [0.1, 0.15) is 18.5 Å². The summed E-state index contributed by atoms with van der Waals surface area (Å²) in [6, 6.07) is 0.0291. The molecule has 1 unspecified atom stereocenters. The molecular weight excluding hydrogens is 299 g/mol. The first-order valence-corrected chi connectivity index (χ1v) is 7.75. The molecule has 0 bridgehead atoms. The molecule has 2 aliphatic heterocycles. The van der Waals surface area contributed by atoms with Crippen LogP contribution in [0.5, 0.6) is 0 Å². The molecule has 1 atom stereocenters. The molecule has 23 heavy (non-hydrogen) atoms. The number of piperidine rings is 1. The highest BCUT2D eigenvalue weighted by atomic mass is 19.1. The summed E-state index contributed by atoms with van der Waals surface area (Å²) in [5, 5.41) is 4.21. The van der Waals surface area contributed by atoms with E-state index < -0.39 is 0 Å². The van der Waals surface area contributed by atoms with Crippen LogP contribution in [0.2, 0.25) is 0 Å². The Morgan fingerprint density at radius 2 is 2.26 bits per heavy atom. The van der Waals surface area contributed by atoms with Crippen LogP contribution in [0.25, 0.3) is 11.1 Å². The van der Waals surface area contributed by atoms with Gasteiger partial charge in [0.25, 0.3) is 0 Å². The maximum Gasteiger partial charge on any atom is 0.174 e. The number of anilines is 2. The highest BCUT2D eigenvalue weighted by Gasteiger charge is 2.30. The number of nitrogens with zero attached hydrogens (tertiary/aromatic N) is 4. The molecule has 4 heterocycles. The zero-order chi connectivity index (χ0) is 16.0. The SMILES string of the molecule is Nc1ncnn2c(C3=CCOC3)c(F)c(N3CCCC(N)C3)c12. The predicted octanol–water partition coefficient (Wildman–Crippen LogP) is 0.792. The summed E-state index contributed by atoms with van der Waals surface area (Å²) in [5.41, 5.74) is 14.2. The Balaban J connectivity index is 1.94. The van der Waals surface area contributed by atoms with Gasteiger partial charge in [0.2, 0.25) is 0 Å². The van der Waals surface area contributed by atoms with Gasteiger partial charge < -0.3 is 21.1 Å². The van der Waals surface area contributed by atoms with Gasteiger partial charge >= 0.3 is 0 Å². The van der Waals surface area contributed by atoms with Gasteiger partial charge in [-0.05, 0) is 12.8 Å². The number of fused-ring (bicyclic) bond motifs is 1. The van der Waals surface area contributed by atoms with Crippen LogP contribution >= 0.6 is 0 Å². The molecule has 7 nitrogen and oxygen atoms in total. The second kappa shape index (κ2) is 5.47. The highest BCUT2D eigenvalue weighted by Crippen LogP contribution is 2.37. The Morgan fingerprint density at radius 1 is 1.39 bits per heavy atom. The third-order valence-corrected chi connectivity index (χ3v) is 4.45. The van der Waals surface area contributed by atoms with Crippen LogP contribution < -0.4 is 16.4 Å². The highest BCUT2D eigenvalue weighted by molar-refractivity contribution is 5.88. The lowest BCUT2D eigenvalue weighted by Gasteiger charge is -2.32. The van der Waals surface area contributed by atoms with Crippen LogP contribution in [-0.4, -0.2) is 46.9 Å². The molecule has 0 aliphatic carbocycles. The van der Waals surface area contributed by atoms with Crippen molar-refractivity contribution in [2.75, 3.05) is 36.9 Å². The number of ether oxygens (including phenoxy) is 1. The Labute approximate surface area is 132 Å². The molecule has 2 aromatic heterocycles. The van der Waals surface area contributed by atoms with Gasteiger partial charge in [0.1, 0.15) is 23.2 Å². The number of hydrogen-bond acceptors (Lipinski definition) is 6. The van der Waals surface area contributed by atoms with E-state index in [1.807, 2.05) is 11.0 Å². The number of nitrogen functional groups attached to an aromatic ring is 1. The molecule has 0 spiro atoms. The summed E-state index contributed by atoms with van der Waals surface area (Å²) in [7, 11) is 0. The standard InChI is InChI=1S/C15H19FN6O/c16-11-12(9-3-5-23-7-9)22-14(15(18)19-8-20-22)13(11)21-4-1-2-10(17)6-21/h3,8,10H,1-2,4-7,17H2,(H2,18,19,20). The second-order valence-electron chi connectivity index (χ2n) is 6.01. The van der Waals surface area contributed by atoms with Crippen molar-refractivity contribution in [1.82, 2.24) is 14.6 Å². The van der Waals surface area contributed by atoms with Crippen LogP contribution in [0.15, 0.2) is 12.4 Å². The molecule has 0 saturated carbocycles. The van der Waals surface area contributed by atoms with Crippen molar-refractivity contribution in [2.24, 2.45) is 5.73 Å². The molecular formula is C15H19FN6O. The molecule has 8 heteroatoms. The lowest BCUT2D eigenvalue weighted by atomic mass is 10.1. The minimum absolute atomic E-state index is 0.0291. The third-order valence-electron chi connectivity index (χ3n) is 4.45. The van der Waals surface area contributed by atoms with Gasteiger partial charge in [0, 0.05) is 24.7 Å². The topological polar surface area (TPSA) is 94.7 Å². The fourth-order valence-electron chi connectivity index (χ4n) is 3.40. The van der Waals surface area contributed by atoms with Crippen LogP contribution in [0.3, 0.4) is 0 Å². The Hall–Kier alpha value is -2.19. The minimum Gasteiger partial charge on any atom is -0.382 e. The average Bonchev–Trinajstić information content (AvgIpc) is 3.13. The molecule has 2 aliphatic rings. The minimum atomic E-state index is -0.331. The molecule has 4 N–H and O–H groups in total. The fraction of sp³-hybridized carbons (Fsp3) is 0.467. The summed E-state index contributed by atoms with van der Waals surface area (Å²) < 4.78 is 22.2. The number of halogens is 1. The molecule has 4 rings (SSSR count). The maximum atomic E-state index is 15.3. The van der Waals surface area contributed by atoms with Crippen molar-refractivity contribution >= 4 is 22.6 Å². The number of nitrogens with two attached hydrogens (primary N) is 2. The van der Waals surface area contributed by atoms with E-state index in [9.17, 15) is 0 Å². The molecule has 0 aromatic carbocycles. The summed E-state index contributed by atoms with van der Waals surface area (Å²) in [5.74, 6) is -0.0677. The first-order valence-electron chi connectivity index (χ1n) is 7.75. The monoisotopic (exact) mass is 318 g/mol. The fourth-order valence-corrected chi connectivity index (χ4v) is 3.40. The van der Waals surface area contributed by atoms with E-state index in [-0.39, 0.29) is 17.7 Å². The summed E-state index contributed by atoms with van der Waals surface area (Å²) in [6.45, 7) is 2.19. The van der Waals surface area contributed by atoms with E-state index >= 15 is 4.39 Å². The predicted molar refractivity (Wildman–Crippen MR) is 85.6 cm³/mol. The largest absolute Gasteiger partial charge is 0.382 e. The number of aromatic nitrogens is 3. The molecule has 0 amide bonds. The van der Waals surface area contributed by atoms with Gasteiger partial charge in [0.15, 0.2) is 11.6 Å². The summed E-state index contributed by atoms with van der Waals surface area (Å²) in [6.07, 6.45) is 5.08. The third kappa shape index (κ3) is 2.25. The van der Waals surface area contributed by atoms with E-state index in [0.29, 0.717) is 36.7 Å². The Morgan fingerprint density at radius 3 is 3.00 bits per heavy atom. The Bertz CT molecular complexity index is 786. The van der Waals surface area contributed by atoms with Gasteiger partial charge in [-0.25, -0.2) is 13.9 Å². The molecule has 2 aromatic rings. The van der Waals surface area contributed by atoms with Crippen molar-refractivity contribution < 1.29 is 9.13 Å². The molecule has 1 saturated heterocycles. The van der Waals surface area contributed by atoms with Crippen molar-refractivity contribution in [2.45, 2.75) is 18.9 Å². The van der Waals surface area contributed by atoms with E-state index in [1.54, 1.807) is 0 Å². The normalized spacial score (nSPS) is 21.9. The molecule has 122 valence electrons. The Kier molecular flexibility index (Phi) is 3.42. The van der Waals surface area contributed by atoms with Gasteiger partial charge in [-0.3, -0.25) is 0 Å². The van der Waals surface area contributed by atoms with E-state index in [4.69, 9.17) is 16.2 Å². The summed E-state index contributed by atoms with van der Waals surface area (Å²) in [4.78, 5) is 5.99. The van der Waals surface area contributed by atoms with E-state index in [0.717, 1.165) is 25.0 Å². The average molecular weight is 318 g/mol. The first kappa shape index (κ1) is 14.4. The lowest BCUT2D eigenvalue weighted by Crippen LogP contribution is -2.43. The summed E-state index contributed by atoms with van der Waals surface area (Å²) >= 11 is 0. The van der Waals surface area contributed by atoms with Crippen molar-refractivity contribution in [3.8, 4) is 0 Å². The second-order valence-corrected chi connectivity index (χ2v) is 6.01. The van der Waals surface area contributed by atoms with Crippen molar-refractivity contribution in [1.29, 1.82) is 0 Å². The molecule has 1 fully saturated rings. The first-order chi connectivity index (χ1) is 11.2. The quantitative estimate of drug-likeness (QED) is 0.850. The zero-order valence-electron chi connectivity index (χ0n) is 12.7. The number of hydrogen-bond donors (Lipinski definition) is 2. The lowest BCUT2D eigenvalue weighted by molar-refractivity contribution is 0.215. The molecule has 0 radical (unpaired) electrons. The van der Waals surface area contributed by atoms with Crippen molar-refractivity contribution in [3.63, 3.8) is 0 Å². The smallest absolute Gasteiger partial charge is 0.174 e. The van der Waals surface area contributed by atoms with Gasteiger partial charge in [0.05, 0.1) is 13.2 Å². The van der Waals surface area contributed by atoms with Crippen molar-refractivity contribution in [3.05, 3.63) is 23.9 Å². The van der Waals surface area contributed by atoms with Crippen LogP contribution in [-0.2, 0) is 4.74 Å². The van der Waals surface area contributed by atoms with Gasteiger partial charge in [-0.2, -0.15) is 5.10 Å².